The van der Waals surface area contributed by atoms with Gasteiger partial charge in [-0.25, -0.2) is 0 Å². The van der Waals surface area contributed by atoms with Crippen LogP contribution in [0.3, 0.4) is 0 Å². The number of nitrogens with zero attached hydrogens (tertiary/aromatic N) is 2. The van der Waals surface area contributed by atoms with Crippen LogP contribution >= 0.6 is 0 Å². The van der Waals surface area contributed by atoms with Crippen LogP contribution in [0.4, 0.5) is 5.69 Å². The van der Waals surface area contributed by atoms with E-state index in [-0.39, 0.29) is 0 Å². The number of aromatic nitrogens is 1. The Labute approximate surface area is 77.3 Å². The molecule has 13 heavy (non-hydrogen) atoms. The summed E-state index contributed by atoms with van der Waals surface area (Å²) >= 11 is 0. The molecule has 0 saturated carbocycles. The Morgan fingerprint density at radius 2 is 2.31 bits per heavy atom. The molecule has 1 aromatic rings. The summed E-state index contributed by atoms with van der Waals surface area (Å²) in [7, 11) is 2.07. The predicted octanol–water partition coefficient (Wildman–Crippen LogP) is 0.357. The summed E-state index contributed by atoms with van der Waals surface area (Å²) in [5.74, 6) is 0.762. The zero-order valence-electron chi connectivity index (χ0n) is 7.60. The maximum absolute atomic E-state index is 5.62. The number of hydrogen-bond donors (Lipinski definition) is 1. The lowest BCUT2D eigenvalue weighted by Crippen LogP contribution is -2.51. The summed E-state index contributed by atoms with van der Waals surface area (Å²) in [6, 6.07) is 1.80. The number of pyridine rings is 1. The summed E-state index contributed by atoms with van der Waals surface area (Å²) < 4.78 is 5.62. The van der Waals surface area contributed by atoms with E-state index in [1.807, 2.05) is 0 Å². The Hall–Kier alpha value is -1.29. The first-order valence-electron chi connectivity index (χ1n) is 4.30. The van der Waals surface area contributed by atoms with Crippen LogP contribution in [0.2, 0.25) is 0 Å². The molecule has 4 heteroatoms. The molecule has 0 bridgehead atoms. The number of likely N-dealkylation sites (tertiary alicyclic amines) is 1. The van der Waals surface area contributed by atoms with Crippen LogP contribution in [0.15, 0.2) is 18.5 Å². The number of nitrogens with two attached hydrogens (primary N) is 1. The number of ether oxygens (including phenoxy) is 1. The Bertz CT molecular complexity index is 297. The highest BCUT2D eigenvalue weighted by Crippen LogP contribution is 2.17. The van der Waals surface area contributed by atoms with Crippen LogP contribution < -0.4 is 10.5 Å². The summed E-state index contributed by atoms with van der Waals surface area (Å²) in [6.45, 7) is 1.96. The fraction of sp³-hybridized carbons (Fsp3) is 0.444. The van der Waals surface area contributed by atoms with Gasteiger partial charge in [0.15, 0.2) is 0 Å². The van der Waals surface area contributed by atoms with Crippen molar-refractivity contribution in [3.63, 3.8) is 0 Å². The lowest BCUT2D eigenvalue weighted by molar-refractivity contribution is 0.0386. The maximum Gasteiger partial charge on any atom is 0.140 e. The molecule has 1 aromatic heterocycles. The van der Waals surface area contributed by atoms with Crippen molar-refractivity contribution in [3.8, 4) is 5.75 Å². The summed E-state index contributed by atoms with van der Waals surface area (Å²) in [4.78, 5) is 6.15. The third-order valence-corrected chi connectivity index (χ3v) is 2.07. The van der Waals surface area contributed by atoms with E-state index in [0.29, 0.717) is 11.8 Å². The number of nitrogen functional groups attached to an aromatic ring is 1. The molecule has 2 heterocycles. The van der Waals surface area contributed by atoms with Gasteiger partial charge in [-0.1, -0.05) is 0 Å². The molecule has 1 aliphatic rings. The Morgan fingerprint density at radius 3 is 2.92 bits per heavy atom. The van der Waals surface area contributed by atoms with Gasteiger partial charge in [-0.05, 0) is 7.05 Å². The van der Waals surface area contributed by atoms with Gasteiger partial charge in [0.05, 0.1) is 18.1 Å². The highest BCUT2D eigenvalue weighted by molar-refractivity contribution is 5.40. The minimum Gasteiger partial charge on any atom is -0.486 e. The molecule has 0 amide bonds. The van der Waals surface area contributed by atoms with Crippen LogP contribution in [0.25, 0.3) is 0 Å². The fourth-order valence-electron chi connectivity index (χ4n) is 1.41. The SMILES string of the molecule is CN1CC(Oc2cncc(N)c2)C1. The third-order valence-electron chi connectivity index (χ3n) is 2.07. The summed E-state index contributed by atoms with van der Waals surface area (Å²) in [6.07, 6.45) is 3.60. The normalized spacial score (nSPS) is 18.2. The topological polar surface area (TPSA) is 51.4 Å². The van der Waals surface area contributed by atoms with E-state index in [1.54, 1.807) is 18.5 Å². The number of rotatable bonds is 2. The van der Waals surface area contributed by atoms with Gasteiger partial charge in [0, 0.05) is 19.2 Å². The lowest BCUT2D eigenvalue weighted by Gasteiger charge is -2.35. The number of likely N-dealkylation sites (N-methyl/N-ethyl adjacent to an activating group) is 1. The number of hydrogen-bond acceptors (Lipinski definition) is 4. The van der Waals surface area contributed by atoms with Crippen LogP contribution in [0.1, 0.15) is 0 Å². The smallest absolute Gasteiger partial charge is 0.140 e. The largest absolute Gasteiger partial charge is 0.486 e. The first kappa shape index (κ1) is 8.31. The second kappa shape index (κ2) is 3.22. The van der Waals surface area contributed by atoms with Crippen molar-refractivity contribution in [3.05, 3.63) is 18.5 Å². The predicted molar refractivity (Wildman–Crippen MR) is 50.6 cm³/mol. The monoisotopic (exact) mass is 179 g/mol. The van der Waals surface area contributed by atoms with E-state index in [4.69, 9.17) is 10.5 Å². The minimum absolute atomic E-state index is 0.300. The average molecular weight is 179 g/mol. The molecule has 0 radical (unpaired) electrons. The van der Waals surface area contributed by atoms with Gasteiger partial charge < -0.3 is 10.5 Å². The van der Waals surface area contributed by atoms with Crippen molar-refractivity contribution in [2.24, 2.45) is 0 Å². The van der Waals surface area contributed by atoms with Gasteiger partial charge in [-0.3, -0.25) is 9.88 Å². The molecule has 0 aliphatic carbocycles. The molecule has 0 atom stereocenters. The zero-order chi connectivity index (χ0) is 9.26. The van der Waals surface area contributed by atoms with E-state index in [1.165, 1.54) is 0 Å². The van der Waals surface area contributed by atoms with Gasteiger partial charge in [0.25, 0.3) is 0 Å². The molecular weight excluding hydrogens is 166 g/mol. The van der Waals surface area contributed by atoms with Crippen molar-refractivity contribution in [1.82, 2.24) is 9.88 Å². The van der Waals surface area contributed by atoms with Crippen molar-refractivity contribution in [1.29, 1.82) is 0 Å². The average Bonchev–Trinajstić information content (AvgIpc) is 2.01. The zero-order valence-corrected chi connectivity index (χ0v) is 7.60. The molecule has 1 aliphatic heterocycles. The van der Waals surface area contributed by atoms with E-state index >= 15 is 0 Å². The Balaban J connectivity index is 1.94. The van der Waals surface area contributed by atoms with E-state index in [2.05, 4.69) is 16.9 Å². The number of anilines is 1. The van der Waals surface area contributed by atoms with E-state index in [0.717, 1.165) is 18.8 Å². The van der Waals surface area contributed by atoms with E-state index < -0.39 is 0 Å². The molecule has 0 spiro atoms. The van der Waals surface area contributed by atoms with Crippen molar-refractivity contribution in [2.75, 3.05) is 25.9 Å². The van der Waals surface area contributed by atoms with Crippen LogP contribution in [-0.4, -0.2) is 36.1 Å². The minimum atomic E-state index is 0.300. The van der Waals surface area contributed by atoms with Crippen LogP contribution in [0.5, 0.6) is 5.75 Å². The highest BCUT2D eigenvalue weighted by atomic mass is 16.5. The first-order chi connectivity index (χ1) is 6.24. The Morgan fingerprint density at radius 1 is 1.54 bits per heavy atom. The molecule has 4 nitrogen and oxygen atoms in total. The van der Waals surface area contributed by atoms with Crippen molar-refractivity contribution in [2.45, 2.75) is 6.10 Å². The lowest BCUT2D eigenvalue weighted by atomic mass is 10.2. The molecular formula is C9H13N3O. The summed E-state index contributed by atoms with van der Waals surface area (Å²) in [5, 5.41) is 0. The van der Waals surface area contributed by atoms with Crippen molar-refractivity contribution >= 4 is 5.69 Å². The highest BCUT2D eigenvalue weighted by Gasteiger charge is 2.24. The molecule has 0 unspecified atom stereocenters. The van der Waals surface area contributed by atoms with Gasteiger partial charge in [-0.2, -0.15) is 0 Å². The molecule has 1 saturated heterocycles. The van der Waals surface area contributed by atoms with Crippen LogP contribution in [0, 0.1) is 0 Å². The van der Waals surface area contributed by atoms with Crippen molar-refractivity contribution < 1.29 is 4.74 Å². The maximum atomic E-state index is 5.62. The molecule has 2 rings (SSSR count). The Kier molecular flexibility index (Phi) is 2.06. The summed E-state index contributed by atoms with van der Waals surface area (Å²) in [5.41, 5.74) is 6.21. The molecule has 1 fully saturated rings. The molecule has 0 aromatic carbocycles. The van der Waals surface area contributed by atoms with Gasteiger partial charge >= 0.3 is 0 Å². The second-order valence-electron chi connectivity index (χ2n) is 3.42. The first-order valence-corrected chi connectivity index (χ1v) is 4.30. The van der Waals surface area contributed by atoms with Gasteiger partial charge in [-0.15, -0.1) is 0 Å². The van der Waals surface area contributed by atoms with Gasteiger partial charge in [0.1, 0.15) is 11.9 Å². The second-order valence-corrected chi connectivity index (χ2v) is 3.42. The third kappa shape index (κ3) is 1.89. The molecule has 2 N–H and O–H groups in total. The quantitative estimate of drug-likeness (QED) is 0.712. The van der Waals surface area contributed by atoms with Crippen LogP contribution in [-0.2, 0) is 0 Å². The van der Waals surface area contributed by atoms with E-state index in [9.17, 15) is 0 Å². The fourth-order valence-corrected chi connectivity index (χ4v) is 1.41. The molecule has 70 valence electrons. The standard InChI is InChI=1S/C9H13N3O/c1-12-5-9(6-12)13-8-2-7(10)3-11-4-8/h2-4,9H,5-6,10H2,1H3. The van der Waals surface area contributed by atoms with Gasteiger partial charge in [0.2, 0.25) is 0 Å².